The fraction of sp³-hybridized carbons (Fsp3) is 0.862. The highest BCUT2D eigenvalue weighted by Gasteiger charge is 2.51. The summed E-state index contributed by atoms with van der Waals surface area (Å²) in [5, 5.41) is 7.88. The Hall–Kier alpha value is -1.39. The molecular formula is C29H49ClN4O5. The highest BCUT2D eigenvalue weighted by Crippen LogP contribution is 2.51. The second-order valence-corrected chi connectivity index (χ2v) is 12.3. The van der Waals surface area contributed by atoms with Crippen molar-refractivity contribution >= 4 is 23.2 Å². The van der Waals surface area contributed by atoms with E-state index < -0.39 is 0 Å². The molecule has 2 heterocycles. The predicted molar refractivity (Wildman–Crippen MR) is 152 cm³/mol. The van der Waals surface area contributed by atoms with Crippen molar-refractivity contribution in [2.24, 2.45) is 23.7 Å². The summed E-state index contributed by atoms with van der Waals surface area (Å²) in [6, 6.07) is -0.146. The van der Waals surface area contributed by atoms with Crippen molar-refractivity contribution < 1.29 is 23.7 Å². The molecule has 1 aromatic rings. The molecule has 3 aliphatic carbocycles. The Morgan fingerprint density at radius 1 is 1.18 bits per heavy atom. The molecule has 2 bridgehead atoms. The van der Waals surface area contributed by atoms with Gasteiger partial charge in [0.05, 0.1) is 54.9 Å². The molecule has 5 rings (SSSR count). The Kier molecular flexibility index (Phi) is 11.0. The van der Waals surface area contributed by atoms with Crippen molar-refractivity contribution in [2.75, 3.05) is 46.5 Å². The number of nitrogens with one attached hydrogen (secondary N) is 1. The van der Waals surface area contributed by atoms with Gasteiger partial charge in [0.1, 0.15) is 6.23 Å². The van der Waals surface area contributed by atoms with Gasteiger partial charge in [-0.2, -0.15) is 5.10 Å². The van der Waals surface area contributed by atoms with Gasteiger partial charge >= 0.3 is 0 Å². The Labute approximate surface area is 239 Å². The number of unbranched alkanes of at least 4 members (excludes halogenated alkanes) is 1. The van der Waals surface area contributed by atoms with E-state index in [0.717, 1.165) is 62.9 Å². The number of hydrogen-bond donors (Lipinski definition) is 1. The van der Waals surface area contributed by atoms with E-state index in [4.69, 9.17) is 35.6 Å². The molecule has 4 aliphatic rings. The van der Waals surface area contributed by atoms with Crippen LogP contribution in [0.15, 0.2) is 6.20 Å². The molecule has 3 fully saturated rings. The van der Waals surface area contributed by atoms with Crippen LogP contribution in [0.1, 0.15) is 70.5 Å². The molecule has 222 valence electrons. The minimum absolute atomic E-state index is 0.0240. The first-order valence-corrected chi connectivity index (χ1v) is 15.2. The lowest BCUT2D eigenvalue weighted by Gasteiger charge is -2.46. The Balaban J connectivity index is 1.60. The number of hydrogen-bond acceptors (Lipinski definition) is 7. The lowest BCUT2D eigenvalue weighted by atomic mass is 9.68. The zero-order chi connectivity index (χ0) is 28.1. The minimum Gasteiger partial charge on any atom is -0.383 e. The quantitative estimate of drug-likeness (QED) is 0.333. The fourth-order valence-electron chi connectivity index (χ4n) is 7.20. The minimum atomic E-state index is -0.224. The highest BCUT2D eigenvalue weighted by atomic mass is 35.5. The number of amides is 1. The van der Waals surface area contributed by atoms with Gasteiger partial charge in [-0.25, -0.2) is 0 Å². The predicted octanol–water partition coefficient (Wildman–Crippen LogP) is 4.38. The highest BCUT2D eigenvalue weighted by molar-refractivity contribution is 6.21. The van der Waals surface area contributed by atoms with Crippen molar-refractivity contribution in [1.29, 1.82) is 0 Å². The van der Waals surface area contributed by atoms with E-state index in [9.17, 15) is 4.79 Å². The Morgan fingerprint density at radius 3 is 2.56 bits per heavy atom. The number of methoxy groups -OCH3 is 4. The summed E-state index contributed by atoms with van der Waals surface area (Å²) in [5.41, 5.74) is 2.04. The number of anilines is 1. The van der Waals surface area contributed by atoms with Crippen molar-refractivity contribution in [1.82, 2.24) is 15.1 Å². The average Bonchev–Trinajstić information content (AvgIpc) is 3.18. The lowest BCUT2D eigenvalue weighted by Crippen LogP contribution is -2.50. The number of halogens is 1. The maximum Gasteiger partial charge on any atom is 0.225 e. The van der Waals surface area contributed by atoms with Gasteiger partial charge in [-0.1, -0.05) is 19.8 Å². The van der Waals surface area contributed by atoms with Crippen molar-refractivity contribution in [2.45, 2.75) is 95.2 Å². The first kappa shape index (κ1) is 30.6. The number of aromatic nitrogens is 2. The molecular weight excluding hydrogens is 520 g/mol. The van der Waals surface area contributed by atoms with Crippen LogP contribution in [0.5, 0.6) is 0 Å². The van der Waals surface area contributed by atoms with Gasteiger partial charge in [0.15, 0.2) is 0 Å². The van der Waals surface area contributed by atoms with Gasteiger partial charge in [0, 0.05) is 46.3 Å². The van der Waals surface area contributed by atoms with Gasteiger partial charge in [-0.3, -0.25) is 9.48 Å². The van der Waals surface area contributed by atoms with Gasteiger partial charge in [0.25, 0.3) is 0 Å². The molecule has 7 atom stereocenters. The zero-order valence-electron chi connectivity index (χ0n) is 24.6. The first-order chi connectivity index (χ1) is 18.9. The van der Waals surface area contributed by atoms with E-state index in [0.29, 0.717) is 30.9 Å². The average molecular weight is 569 g/mol. The summed E-state index contributed by atoms with van der Waals surface area (Å²) in [6.07, 6.45) is 8.76. The van der Waals surface area contributed by atoms with Crippen LogP contribution in [0, 0.1) is 23.7 Å². The maximum absolute atomic E-state index is 13.4. The zero-order valence-corrected chi connectivity index (χ0v) is 25.4. The third kappa shape index (κ3) is 6.43. The van der Waals surface area contributed by atoms with E-state index >= 15 is 0 Å². The third-order valence-electron chi connectivity index (χ3n) is 9.38. The molecule has 0 aromatic carbocycles. The molecule has 1 N–H and O–H groups in total. The van der Waals surface area contributed by atoms with Gasteiger partial charge in [-0.05, 0) is 50.9 Å². The summed E-state index contributed by atoms with van der Waals surface area (Å²) in [6.45, 7) is 5.98. The normalized spacial score (nSPS) is 30.6. The molecule has 0 spiro atoms. The number of alkyl halides is 1. The molecule has 3 saturated carbocycles. The van der Waals surface area contributed by atoms with E-state index in [-0.39, 0.29) is 41.7 Å². The van der Waals surface area contributed by atoms with E-state index in [1.807, 2.05) is 24.9 Å². The SMILES string of the molecule is CCCCC(C(=O)NC1CCN(C(OC)C2CC(OC)C(OC)C3CC2C3)c2cnn(CCOC)c21)C(C)Cl. The summed E-state index contributed by atoms with van der Waals surface area (Å²) < 4.78 is 25.5. The first-order valence-electron chi connectivity index (χ1n) is 14.7. The second kappa shape index (κ2) is 14.0. The van der Waals surface area contributed by atoms with Crippen molar-refractivity contribution in [3.63, 3.8) is 0 Å². The number of fused-ring (bicyclic) bond motifs is 4. The van der Waals surface area contributed by atoms with Gasteiger partial charge < -0.3 is 29.2 Å². The molecule has 0 saturated heterocycles. The van der Waals surface area contributed by atoms with Crippen LogP contribution in [-0.2, 0) is 30.3 Å². The van der Waals surface area contributed by atoms with Crippen LogP contribution in [0.2, 0.25) is 0 Å². The topological polar surface area (TPSA) is 87.1 Å². The summed E-state index contributed by atoms with van der Waals surface area (Å²) in [7, 11) is 7.10. The van der Waals surface area contributed by atoms with E-state index in [2.05, 4.69) is 17.1 Å². The largest absolute Gasteiger partial charge is 0.383 e. The Bertz CT molecular complexity index is 923. The van der Waals surface area contributed by atoms with Crippen LogP contribution >= 0.6 is 11.6 Å². The molecule has 1 aliphatic heterocycles. The number of carbonyl (C=O) groups excluding carboxylic acids is 1. The van der Waals surface area contributed by atoms with Crippen LogP contribution in [0.4, 0.5) is 5.69 Å². The van der Waals surface area contributed by atoms with Gasteiger partial charge in [-0.15, -0.1) is 11.6 Å². The van der Waals surface area contributed by atoms with Crippen LogP contribution in [-0.4, -0.2) is 81.1 Å². The second-order valence-electron chi connectivity index (χ2n) is 11.6. The molecule has 39 heavy (non-hydrogen) atoms. The molecule has 10 heteroatoms. The summed E-state index contributed by atoms with van der Waals surface area (Å²) in [4.78, 5) is 15.8. The van der Waals surface area contributed by atoms with Gasteiger partial charge in [0.2, 0.25) is 5.91 Å². The van der Waals surface area contributed by atoms with Crippen molar-refractivity contribution in [3.05, 3.63) is 11.9 Å². The monoisotopic (exact) mass is 568 g/mol. The molecule has 7 unspecified atom stereocenters. The maximum atomic E-state index is 13.4. The van der Waals surface area contributed by atoms with Crippen LogP contribution in [0.25, 0.3) is 0 Å². The molecule has 1 amide bonds. The van der Waals surface area contributed by atoms with E-state index in [1.54, 1.807) is 21.3 Å². The number of carbonyl (C=O) groups is 1. The molecule has 0 radical (unpaired) electrons. The fourth-order valence-corrected chi connectivity index (χ4v) is 7.45. The standard InChI is InChI=1S/C29H49ClN4O5/c1-7-8-9-21(18(2)30)28(35)32-23-10-11-33(24-17-31-34(26(23)24)12-13-36-3)29(39-6)22-16-25(37-4)27(38-5)20-14-19(22)15-20/h17-23,25,27,29H,7-16H2,1-6H3,(H,32,35). The number of ether oxygens (including phenoxy) is 4. The summed E-state index contributed by atoms with van der Waals surface area (Å²) in [5.74, 6) is 1.24. The number of nitrogens with zero attached hydrogens (tertiary/aromatic N) is 3. The smallest absolute Gasteiger partial charge is 0.225 e. The van der Waals surface area contributed by atoms with Crippen molar-refractivity contribution in [3.8, 4) is 0 Å². The van der Waals surface area contributed by atoms with E-state index in [1.165, 1.54) is 0 Å². The lowest BCUT2D eigenvalue weighted by molar-refractivity contribution is -0.126. The summed E-state index contributed by atoms with van der Waals surface area (Å²) >= 11 is 6.48. The molecule has 9 nitrogen and oxygen atoms in total. The molecule has 1 aromatic heterocycles. The Morgan fingerprint density at radius 2 is 1.95 bits per heavy atom. The van der Waals surface area contributed by atoms with Crippen LogP contribution < -0.4 is 10.2 Å². The number of rotatable bonds is 14. The third-order valence-corrected chi connectivity index (χ3v) is 9.69. The van der Waals surface area contributed by atoms with Crippen LogP contribution in [0.3, 0.4) is 0 Å².